The minimum atomic E-state index is -3.51. The molecule has 7 heteroatoms. The van der Waals surface area contributed by atoms with Crippen LogP contribution < -0.4 is 9.62 Å². The summed E-state index contributed by atoms with van der Waals surface area (Å²) in [4.78, 5) is 12.9. The zero-order valence-electron chi connectivity index (χ0n) is 16.5. The van der Waals surface area contributed by atoms with Gasteiger partial charge in [-0.2, -0.15) is 0 Å². The summed E-state index contributed by atoms with van der Waals surface area (Å²) in [5, 5.41) is 3.69. The zero-order valence-corrected chi connectivity index (χ0v) is 17.3. The van der Waals surface area contributed by atoms with Gasteiger partial charge in [-0.25, -0.2) is 8.42 Å². The molecule has 1 heterocycles. The maximum absolute atomic E-state index is 12.9. The Morgan fingerprint density at radius 3 is 2.43 bits per heavy atom. The molecule has 6 nitrogen and oxygen atoms in total. The molecule has 1 amide bonds. The molecule has 4 rings (SSSR count). The average molecular weight is 420 g/mol. The van der Waals surface area contributed by atoms with Crippen LogP contribution in [0.2, 0.25) is 0 Å². The van der Waals surface area contributed by atoms with Gasteiger partial charge < -0.3 is 9.73 Å². The summed E-state index contributed by atoms with van der Waals surface area (Å²) in [7, 11) is -2.05. The first-order valence-electron chi connectivity index (χ1n) is 9.25. The molecule has 30 heavy (non-hydrogen) atoms. The van der Waals surface area contributed by atoms with Crippen molar-refractivity contribution in [2.75, 3.05) is 22.9 Å². The molecular weight excluding hydrogens is 400 g/mol. The molecule has 0 aliphatic heterocycles. The molecule has 0 saturated carbocycles. The fourth-order valence-corrected chi connectivity index (χ4v) is 3.72. The third kappa shape index (κ3) is 3.92. The van der Waals surface area contributed by atoms with E-state index in [1.165, 1.54) is 7.05 Å². The Labute approximate surface area is 174 Å². The molecule has 0 fully saturated rings. The number of nitrogens with one attached hydrogen (secondary N) is 1. The molecule has 0 saturated heterocycles. The lowest BCUT2D eigenvalue weighted by atomic mass is 10.0. The SMILES string of the molecule is CN(c1ccc(-c2ccccc2)cc1NC(=O)c1ccc2occc2c1)S(C)(=O)=O. The maximum atomic E-state index is 12.9. The molecule has 0 aliphatic carbocycles. The molecule has 1 N–H and O–H groups in total. The van der Waals surface area contributed by atoms with E-state index >= 15 is 0 Å². The van der Waals surface area contributed by atoms with E-state index in [0.717, 1.165) is 27.1 Å². The van der Waals surface area contributed by atoms with Crippen LogP contribution in [-0.2, 0) is 10.0 Å². The van der Waals surface area contributed by atoms with Gasteiger partial charge in [-0.05, 0) is 47.5 Å². The first-order chi connectivity index (χ1) is 14.3. The highest BCUT2D eigenvalue weighted by atomic mass is 32.2. The number of fused-ring (bicyclic) bond motifs is 1. The highest BCUT2D eigenvalue weighted by molar-refractivity contribution is 7.92. The lowest BCUT2D eigenvalue weighted by Crippen LogP contribution is -2.26. The topological polar surface area (TPSA) is 79.6 Å². The summed E-state index contributed by atoms with van der Waals surface area (Å²) >= 11 is 0. The first kappa shape index (κ1) is 19.7. The third-order valence-electron chi connectivity index (χ3n) is 4.90. The molecule has 152 valence electrons. The van der Waals surface area contributed by atoms with Gasteiger partial charge in [-0.1, -0.05) is 36.4 Å². The van der Waals surface area contributed by atoms with E-state index in [1.807, 2.05) is 36.4 Å². The number of hydrogen-bond acceptors (Lipinski definition) is 4. The van der Waals surface area contributed by atoms with Crippen LogP contribution in [0.3, 0.4) is 0 Å². The standard InChI is InChI=1S/C23H20N2O4S/c1-25(30(2,27)28)21-10-8-17(16-6-4-3-5-7-16)15-20(21)24-23(26)19-9-11-22-18(14-19)12-13-29-22/h3-15H,1-2H3,(H,24,26). The second kappa shape index (κ2) is 7.68. The minimum absolute atomic E-state index is 0.341. The van der Waals surface area contributed by atoms with Crippen molar-refractivity contribution in [3.05, 3.63) is 84.6 Å². The quantitative estimate of drug-likeness (QED) is 0.505. The van der Waals surface area contributed by atoms with Gasteiger partial charge in [0.15, 0.2) is 0 Å². The molecule has 0 radical (unpaired) electrons. The summed E-state index contributed by atoms with van der Waals surface area (Å²) in [6, 6.07) is 21.9. The molecule has 1 aromatic heterocycles. The summed E-state index contributed by atoms with van der Waals surface area (Å²) in [6.07, 6.45) is 2.69. The molecule has 0 unspecified atom stereocenters. The van der Waals surface area contributed by atoms with Crippen molar-refractivity contribution < 1.29 is 17.6 Å². The predicted octanol–water partition coefficient (Wildman–Crippen LogP) is 4.75. The van der Waals surface area contributed by atoms with Crippen molar-refractivity contribution in [1.29, 1.82) is 0 Å². The lowest BCUT2D eigenvalue weighted by molar-refractivity contribution is 0.102. The summed E-state index contributed by atoms with van der Waals surface area (Å²) in [5.74, 6) is -0.341. The molecule has 4 aromatic rings. The molecule has 0 aliphatic rings. The largest absolute Gasteiger partial charge is 0.464 e. The monoisotopic (exact) mass is 420 g/mol. The van der Waals surface area contributed by atoms with Crippen LogP contribution in [0.15, 0.2) is 83.5 Å². The summed E-state index contributed by atoms with van der Waals surface area (Å²) in [6.45, 7) is 0. The number of anilines is 2. The van der Waals surface area contributed by atoms with Crippen molar-refractivity contribution in [2.24, 2.45) is 0 Å². The Kier molecular flexibility index (Phi) is 5.05. The van der Waals surface area contributed by atoms with Crippen molar-refractivity contribution in [1.82, 2.24) is 0 Å². The van der Waals surface area contributed by atoms with E-state index in [-0.39, 0.29) is 5.91 Å². The van der Waals surface area contributed by atoms with Crippen LogP contribution >= 0.6 is 0 Å². The van der Waals surface area contributed by atoms with Crippen molar-refractivity contribution >= 4 is 38.3 Å². The van der Waals surface area contributed by atoms with Crippen molar-refractivity contribution in [3.8, 4) is 11.1 Å². The Bertz CT molecular complexity index is 1330. The minimum Gasteiger partial charge on any atom is -0.464 e. The number of furan rings is 1. The summed E-state index contributed by atoms with van der Waals surface area (Å²) in [5.41, 5.74) is 3.75. The van der Waals surface area contributed by atoms with E-state index in [2.05, 4.69) is 5.32 Å². The third-order valence-corrected chi connectivity index (χ3v) is 6.09. The van der Waals surface area contributed by atoms with E-state index < -0.39 is 10.0 Å². The van der Waals surface area contributed by atoms with Gasteiger partial charge in [-0.15, -0.1) is 0 Å². The molecular formula is C23H20N2O4S. The average Bonchev–Trinajstić information content (AvgIpc) is 3.21. The highest BCUT2D eigenvalue weighted by Crippen LogP contribution is 2.32. The van der Waals surface area contributed by atoms with Gasteiger partial charge in [0, 0.05) is 18.0 Å². The van der Waals surface area contributed by atoms with Gasteiger partial charge in [0.25, 0.3) is 5.91 Å². The molecule has 3 aromatic carbocycles. The second-order valence-corrected chi connectivity index (χ2v) is 8.97. The van der Waals surface area contributed by atoms with Crippen LogP contribution in [0.4, 0.5) is 11.4 Å². The Balaban J connectivity index is 1.75. The number of benzene rings is 3. The second-order valence-electron chi connectivity index (χ2n) is 6.96. The van der Waals surface area contributed by atoms with Crippen LogP contribution in [-0.4, -0.2) is 27.6 Å². The van der Waals surface area contributed by atoms with E-state index in [0.29, 0.717) is 22.5 Å². The normalized spacial score (nSPS) is 11.4. The van der Waals surface area contributed by atoms with Crippen LogP contribution in [0.1, 0.15) is 10.4 Å². The van der Waals surface area contributed by atoms with Gasteiger partial charge in [0.05, 0.1) is 23.9 Å². The number of carbonyl (C=O) groups is 1. The van der Waals surface area contributed by atoms with Crippen LogP contribution in [0.5, 0.6) is 0 Å². The maximum Gasteiger partial charge on any atom is 0.255 e. The predicted molar refractivity (Wildman–Crippen MR) is 119 cm³/mol. The molecule has 0 bridgehead atoms. The highest BCUT2D eigenvalue weighted by Gasteiger charge is 2.19. The Morgan fingerprint density at radius 2 is 1.70 bits per heavy atom. The fourth-order valence-electron chi connectivity index (χ4n) is 3.20. The lowest BCUT2D eigenvalue weighted by Gasteiger charge is -2.21. The number of amides is 1. The number of sulfonamides is 1. The first-order valence-corrected chi connectivity index (χ1v) is 11.1. The Hall–Kier alpha value is -3.58. The number of nitrogens with zero attached hydrogens (tertiary/aromatic N) is 1. The zero-order chi connectivity index (χ0) is 21.3. The van der Waals surface area contributed by atoms with Crippen molar-refractivity contribution in [2.45, 2.75) is 0 Å². The van der Waals surface area contributed by atoms with Crippen molar-refractivity contribution in [3.63, 3.8) is 0 Å². The van der Waals surface area contributed by atoms with E-state index in [4.69, 9.17) is 4.42 Å². The van der Waals surface area contributed by atoms with Gasteiger partial charge in [-0.3, -0.25) is 9.10 Å². The molecule has 0 spiro atoms. The van der Waals surface area contributed by atoms with Gasteiger partial charge in [0.2, 0.25) is 10.0 Å². The van der Waals surface area contributed by atoms with Gasteiger partial charge >= 0.3 is 0 Å². The summed E-state index contributed by atoms with van der Waals surface area (Å²) < 4.78 is 30.7. The fraction of sp³-hybridized carbons (Fsp3) is 0.0870. The van der Waals surface area contributed by atoms with E-state index in [1.54, 1.807) is 42.7 Å². The Morgan fingerprint density at radius 1 is 0.933 bits per heavy atom. The molecule has 0 atom stereocenters. The number of carbonyl (C=O) groups excluding carboxylic acids is 1. The number of hydrogen-bond donors (Lipinski definition) is 1. The van der Waals surface area contributed by atoms with Gasteiger partial charge in [0.1, 0.15) is 5.58 Å². The number of rotatable bonds is 5. The van der Waals surface area contributed by atoms with E-state index in [9.17, 15) is 13.2 Å². The van der Waals surface area contributed by atoms with Crippen LogP contribution in [0, 0.1) is 0 Å². The van der Waals surface area contributed by atoms with Crippen LogP contribution in [0.25, 0.3) is 22.1 Å². The smallest absolute Gasteiger partial charge is 0.255 e.